The van der Waals surface area contributed by atoms with E-state index in [1.807, 2.05) is 7.05 Å². The summed E-state index contributed by atoms with van der Waals surface area (Å²) < 4.78 is 6.23. The lowest BCUT2D eigenvalue weighted by Crippen LogP contribution is -2.23. The number of thiophene rings is 1. The van der Waals surface area contributed by atoms with E-state index in [2.05, 4.69) is 35.2 Å². The quantitative estimate of drug-likeness (QED) is 0.917. The van der Waals surface area contributed by atoms with Crippen molar-refractivity contribution in [3.8, 4) is 5.88 Å². The van der Waals surface area contributed by atoms with Crippen LogP contribution in [0.5, 0.6) is 5.88 Å². The van der Waals surface area contributed by atoms with Crippen molar-refractivity contribution in [2.75, 3.05) is 12.4 Å². The maximum atomic E-state index is 6.23. The molecule has 0 bridgehead atoms. The molecule has 3 rings (SSSR count). The van der Waals surface area contributed by atoms with Gasteiger partial charge >= 0.3 is 0 Å². The van der Waals surface area contributed by atoms with E-state index in [-0.39, 0.29) is 0 Å². The van der Waals surface area contributed by atoms with Crippen LogP contribution in [0, 0.1) is 5.92 Å². The van der Waals surface area contributed by atoms with Crippen molar-refractivity contribution in [3.05, 3.63) is 10.9 Å². The normalized spacial score (nSPS) is 22.4. The van der Waals surface area contributed by atoms with Crippen LogP contribution >= 0.6 is 11.3 Å². The molecule has 1 fully saturated rings. The molecule has 0 atom stereocenters. The summed E-state index contributed by atoms with van der Waals surface area (Å²) in [5.74, 6) is 2.22. The van der Waals surface area contributed by atoms with Crippen LogP contribution < -0.4 is 10.1 Å². The fraction of sp³-hybridized carbons (Fsp3) is 0.625. The molecule has 2 aromatic rings. The second-order valence-corrected chi connectivity index (χ2v) is 7.00. The Hall–Kier alpha value is -1.36. The molecule has 1 aliphatic rings. The second-order valence-electron chi connectivity index (χ2n) is 5.89. The lowest BCUT2D eigenvalue weighted by Gasteiger charge is -2.26. The van der Waals surface area contributed by atoms with E-state index in [1.165, 1.54) is 17.7 Å². The summed E-state index contributed by atoms with van der Waals surface area (Å²) in [7, 11) is 1.85. The lowest BCUT2D eigenvalue weighted by atomic mass is 9.89. The molecule has 1 aliphatic carbocycles. The highest BCUT2D eigenvalue weighted by molar-refractivity contribution is 7.18. The highest BCUT2D eigenvalue weighted by atomic mass is 32.1. The molecule has 2 aromatic heterocycles. The van der Waals surface area contributed by atoms with Gasteiger partial charge < -0.3 is 10.1 Å². The zero-order chi connectivity index (χ0) is 14.8. The standard InChI is InChI=1S/C16H23N3OS/c1-4-12-9-13-14(18-16(17-3)19-15(13)21-12)20-11-7-5-10(2)6-8-11/h9-11H,4-8H2,1-3H3,(H,17,18,19). The Morgan fingerprint density at radius 1 is 1.29 bits per heavy atom. The molecule has 0 saturated heterocycles. The van der Waals surface area contributed by atoms with Crippen LogP contribution in [0.25, 0.3) is 10.2 Å². The Morgan fingerprint density at radius 2 is 2.05 bits per heavy atom. The summed E-state index contributed by atoms with van der Waals surface area (Å²) in [6, 6.07) is 2.18. The predicted octanol–water partition coefficient (Wildman–Crippen LogP) is 4.25. The van der Waals surface area contributed by atoms with Crippen molar-refractivity contribution in [1.29, 1.82) is 0 Å². The van der Waals surface area contributed by atoms with Gasteiger partial charge in [-0.15, -0.1) is 11.3 Å². The van der Waals surface area contributed by atoms with E-state index in [9.17, 15) is 0 Å². The number of aromatic nitrogens is 2. The van der Waals surface area contributed by atoms with E-state index in [4.69, 9.17) is 4.74 Å². The molecule has 0 spiro atoms. The van der Waals surface area contributed by atoms with Gasteiger partial charge in [-0.3, -0.25) is 0 Å². The van der Waals surface area contributed by atoms with Gasteiger partial charge in [-0.1, -0.05) is 13.8 Å². The minimum Gasteiger partial charge on any atom is -0.474 e. The van der Waals surface area contributed by atoms with Gasteiger partial charge in [-0.25, -0.2) is 4.98 Å². The van der Waals surface area contributed by atoms with Crippen LogP contribution in [0.1, 0.15) is 44.4 Å². The number of ether oxygens (including phenoxy) is 1. The first kappa shape index (κ1) is 14.6. The Bertz CT molecular complexity index is 617. The van der Waals surface area contributed by atoms with Gasteiger partial charge in [0.15, 0.2) is 0 Å². The first-order valence-corrected chi connectivity index (χ1v) is 8.66. The van der Waals surface area contributed by atoms with E-state index >= 15 is 0 Å². The number of nitrogens with zero attached hydrogens (tertiary/aromatic N) is 2. The summed E-state index contributed by atoms with van der Waals surface area (Å²) in [4.78, 5) is 11.4. The molecule has 1 N–H and O–H groups in total. The van der Waals surface area contributed by atoms with Crippen LogP contribution in [0.2, 0.25) is 0 Å². The van der Waals surface area contributed by atoms with Crippen molar-refractivity contribution in [3.63, 3.8) is 0 Å². The maximum absolute atomic E-state index is 6.23. The van der Waals surface area contributed by atoms with Gasteiger partial charge in [0.05, 0.1) is 5.39 Å². The van der Waals surface area contributed by atoms with Crippen molar-refractivity contribution in [2.24, 2.45) is 5.92 Å². The van der Waals surface area contributed by atoms with Gasteiger partial charge in [0.1, 0.15) is 10.9 Å². The number of hydrogen-bond acceptors (Lipinski definition) is 5. The highest BCUT2D eigenvalue weighted by Gasteiger charge is 2.22. The van der Waals surface area contributed by atoms with Gasteiger partial charge in [0.25, 0.3) is 0 Å². The van der Waals surface area contributed by atoms with Crippen molar-refractivity contribution in [2.45, 2.75) is 52.1 Å². The van der Waals surface area contributed by atoms with E-state index in [0.717, 1.165) is 41.3 Å². The van der Waals surface area contributed by atoms with Gasteiger partial charge in [0, 0.05) is 11.9 Å². The third kappa shape index (κ3) is 3.12. The Labute approximate surface area is 129 Å². The fourth-order valence-corrected chi connectivity index (χ4v) is 3.78. The maximum Gasteiger partial charge on any atom is 0.227 e. The van der Waals surface area contributed by atoms with E-state index in [1.54, 1.807) is 11.3 Å². The second kappa shape index (κ2) is 6.18. The van der Waals surface area contributed by atoms with Crippen molar-refractivity contribution >= 4 is 27.5 Å². The van der Waals surface area contributed by atoms with E-state index < -0.39 is 0 Å². The molecule has 0 amide bonds. The van der Waals surface area contributed by atoms with Crippen LogP contribution in [0.15, 0.2) is 6.07 Å². The smallest absolute Gasteiger partial charge is 0.227 e. The number of anilines is 1. The zero-order valence-electron chi connectivity index (χ0n) is 13.0. The highest BCUT2D eigenvalue weighted by Crippen LogP contribution is 2.34. The molecule has 2 heterocycles. The predicted molar refractivity (Wildman–Crippen MR) is 88.4 cm³/mol. The first-order chi connectivity index (χ1) is 10.2. The Kier molecular flexibility index (Phi) is 4.29. The molecule has 4 nitrogen and oxygen atoms in total. The van der Waals surface area contributed by atoms with Gasteiger partial charge in [0.2, 0.25) is 11.8 Å². The van der Waals surface area contributed by atoms with Crippen LogP contribution in [-0.2, 0) is 6.42 Å². The summed E-state index contributed by atoms with van der Waals surface area (Å²) in [6.07, 6.45) is 6.09. The monoisotopic (exact) mass is 305 g/mol. The topological polar surface area (TPSA) is 47.0 Å². The minimum absolute atomic E-state index is 0.300. The molecule has 114 valence electrons. The number of rotatable bonds is 4. The Morgan fingerprint density at radius 3 is 2.71 bits per heavy atom. The minimum atomic E-state index is 0.300. The first-order valence-electron chi connectivity index (χ1n) is 7.84. The summed E-state index contributed by atoms with van der Waals surface area (Å²) >= 11 is 1.73. The molecule has 1 saturated carbocycles. The third-order valence-corrected chi connectivity index (χ3v) is 5.40. The molecular formula is C16H23N3OS. The summed E-state index contributed by atoms with van der Waals surface area (Å²) in [6.45, 7) is 4.49. The molecule has 0 unspecified atom stereocenters. The number of aryl methyl sites for hydroxylation is 1. The Balaban J connectivity index is 1.90. The van der Waals surface area contributed by atoms with Crippen LogP contribution in [0.4, 0.5) is 5.95 Å². The lowest BCUT2D eigenvalue weighted by molar-refractivity contribution is 0.132. The summed E-state index contributed by atoms with van der Waals surface area (Å²) in [5, 5.41) is 4.10. The molecule has 0 aliphatic heterocycles. The summed E-state index contributed by atoms with van der Waals surface area (Å²) in [5.41, 5.74) is 0. The molecule has 5 heteroatoms. The largest absolute Gasteiger partial charge is 0.474 e. The average molecular weight is 305 g/mol. The zero-order valence-corrected chi connectivity index (χ0v) is 13.8. The SMILES string of the molecule is CCc1cc2c(OC3CCC(C)CC3)nc(NC)nc2s1. The number of hydrogen-bond donors (Lipinski definition) is 1. The molecule has 21 heavy (non-hydrogen) atoms. The van der Waals surface area contributed by atoms with Crippen LogP contribution in [0.3, 0.4) is 0 Å². The number of nitrogens with one attached hydrogen (secondary N) is 1. The average Bonchev–Trinajstić information content (AvgIpc) is 2.92. The van der Waals surface area contributed by atoms with Crippen LogP contribution in [-0.4, -0.2) is 23.1 Å². The van der Waals surface area contributed by atoms with Crippen molar-refractivity contribution in [1.82, 2.24) is 9.97 Å². The fourth-order valence-electron chi connectivity index (χ4n) is 2.83. The molecule has 0 radical (unpaired) electrons. The van der Waals surface area contributed by atoms with E-state index in [0.29, 0.717) is 12.1 Å². The molecule has 0 aromatic carbocycles. The number of fused-ring (bicyclic) bond motifs is 1. The molecular weight excluding hydrogens is 282 g/mol. The van der Waals surface area contributed by atoms with Gasteiger partial charge in [-0.05, 0) is 44.1 Å². The third-order valence-electron chi connectivity index (χ3n) is 4.22. The van der Waals surface area contributed by atoms with Gasteiger partial charge in [-0.2, -0.15) is 4.98 Å². The van der Waals surface area contributed by atoms with Crippen molar-refractivity contribution < 1.29 is 4.74 Å².